The van der Waals surface area contributed by atoms with Crippen molar-refractivity contribution in [2.75, 3.05) is 12.4 Å². The average molecular weight is 409 g/mol. The molecule has 0 unspecified atom stereocenters. The molecule has 0 aliphatic rings. The molecule has 0 bridgehead atoms. The van der Waals surface area contributed by atoms with Gasteiger partial charge in [0, 0.05) is 10.6 Å². The van der Waals surface area contributed by atoms with Crippen molar-refractivity contribution in [3.05, 3.63) is 76.8 Å². The summed E-state index contributed by atoms with van der Waals surface area (Å²) in [5, 5.41) is 4.37. The fraction of sp³-hybridized carbons (Fsp3) is 0.0909. The number of hydrogen-bond acceptors (Lipinski definition) is 4. The molecule has 1 amide bonds. The van der Waals surface area contributed by atoms with Crippen LogP contribution in [0.15, 0.2) is 60.7 Å². The van der Waals surface area contributed by atoms with Gasteiger partial charge in [0.25, 0.3) is 5.91 Å². The van der Waals surface area contributed by atoms with Crippen LogP contribution in [0.4, 0.5) is 5.69 Å². The fourth-order valence-corrected chi connectivity index (χ4v) is 4.25. The van der Waals surface area contributed by atoms with Crippen LogP contribution in [-0.4, -0.2) is 18.0 Å². The molecule has 6 heteroatoms. The SMILES string of the molecule is COc1c(C)cccc1C(=O)Nc1ccc(Cl)cc1-c1nc2ccccc2s1. The molecule has 28 heavy (non-hydrogen) atoms. The van der Waals surface area contributed by atoms with Crippen molar-refractivity contribution >= 4 is 44.7 Å². The van der Waals surface area contributed by atoms with Crippen LogP contribution >= 0.6 is 22.9 Å². The van der Waals surface area contributed by atoms with E-state index < -0.39 is 0 Å². The van der Waals surface area contributed by atoms with Gasteiger partial charge >= 0.3 is 0 Å². The van der Waals surface area contributed by atoms with Gasteiger partial charge in [-0.3, -0.25) is 4.79 Å². The molecule has 0 spiro atoms. The van der Waals surface area contributed by atoms with Crippen molar-refractivity contribution in [1.82, 2.24) is 4.98 Å². The van der Waals surface area contributed by atoms with Crippen LogP contribution in [0.5, 0.6) is 5.75 Å². The summed E-state index contributed by atoms with van der Waals surface area (Å²) in [6.45, 7) is 1.91. The number of methoxy groups -OCH3 is 1. The molecule has 0 fully saturated rings. The third kappa shape index (κ3) is 3.46. The summed E-state index contributed by atoms with van der Waals surface area (Å²) in [7, 11) is 1.56. The number of aryl methyl sites for hydroxylation is 1. The molecule has 140 valence electrons. The van der Waals surface area contributed by atoms with Gasteiger partial charge < -0.3 is 10.1 Å². The van der Waals surface area contributed by atoms with Crippen LogP contribution in [0.1, 0.15) is 15.9 Å². The van der Waals surface area contributed by atoms with Gasteiger partial charge in [-0.1, -0.05) is 35.9 Å². The van der Waals surface area contributed by atoms with Gasteiger partial charge in [-0.05, 0) is 48.9 Å². The maximum absolute atomic E-state index is 12.9. The number of anilines is 1. The van der Waals surface area contributed by atoms with Crippen LogP contribution in [-0.2, 0) is 0 Å². The Hall–Kier alpha value is -2.89. The number of ether oxygens (including phenoxy) is 1. The Morgan fingerprint density at radius 3 is 2.71 bits per heavy atom. The number of hydrogen-bond donors (Lipinski definition) is 1. The Morgan fingerprint density at radius 2 is 1.93 bits per heavy atom. The van der Waals surface area contributed by atoms with Crippen molar-refractivity contribution < 1.29 is 9.53 Å². The molecule has 3 aromatic carbocycles. The molecule has 4 rings (SSSR count). The van der Waals surface area contributed by atoms with Crippen LogP contribution in [0.3, 0.4) is 0 Å². The Balaban J connectivity index is 1.75. The van der Waals surface area contributed by atoms with E-state index in [1.807, 2.05) is 49.4 Å². The second-order valence-corrected chi connectivity index (χ2v) is 7.75. The smallest absolute Gasteiger partial charge is 0.259 e. The van der Waals surface area contributed by atoms with Gasteiger partial charge in [-0.2, -0.15) is 0 Å². The molecule has 1 aromatic heterocycles. The van der Waals surface area contributed by atoms with Crippen molar-refractivity contribution in [3.8, 4) is 16.3 Å². The monoisotopic (exact) mass is 408 g/mol. The minimum absolute atomic E-state index is 0.245. The number of nitrogens with zero attached hydrogens (tertiary/aromatic N) is 1. The van der Waals surface area contributed by atoms with Crippen LogP contribution < -0.4 is 10.1 Å². The number of nitrogens with one attached hydrogen (secondary N) is 1. The van der Waals surface area contributed by atoms with E-state index in [1.165, 1.54) is 0 Å². The largest absolute Gasteiger partial charge is 0.496 e. The number of aromatic nitrogens is 1. The molecule has 0 atom stereocenters. The summed E-state index contributed by atoms with van der Waals surface area (Å²) in [6.07, 6.45) is 0. The molecular formula is C22H17ClN2O2S. The molecule has 0 radical (unpaired) electrons. The van der Waals surface area contributed by atoms with E-state index in [0.29, 0.717) is 22.0 Å². The quantitative estimate of drug-likeness (QED) is 0.438. The van der Waals surface area contributed by atoms with Gasteiger partial charge in [0.1, 0.15) is 10.8 Å². The zero-order valence-corrected chi connectivity index (χ0v) is 16.9. The van der Waals surface area contributed by atoms with Gasteiger partial charge in [0.15, 0.2) is 0 Å². The highest BCUT2D eigenvalue weighted by Crippen LogP contribution is 2.36. The number of rotatable bonds is 4. The fourth-order valence-electron chi connectivity index (χ4n) is 3.08. The number of halogens is 1. The average Bonchev–Trinajstić information content (AvgIpc) is 3.13. The predicted molar refractivity (Wildman–Crippen MR) is 116 cm³/mol. The summed E-state index contributed by atoms with van der Waals surface area (Å²) in [5.41, 5.74) is 3.73. The number of fused-ring (bicyclic) bond motifs is 1. The highest BCUT2D eigenvalue weighted by atomic mass is 35.5. The highest BCUT2D eigenvalue weighted by Gasteiger charge is 2.17. The number of benzene rings is 3. The van der Waals surface area contributed by atoms with Gasteiger partial charge in [-0.15, -0.1) is 11.3 Å². The summed E-state index contributed by atoms with van der Waals surface area (Å²) < 4.78 is 6.50. The molecule has 0 aliphatic carbocycles. The molecule has 0 aliphatic heterocycles. The summed E-state index contributed by atoms with van der Waals surface area (Å²) in [4.78, 5) is 17.6. The number of thiazole rings is 1. The zero-order chi connectivity index (χ0) is 19.7. The molecule has 1 N–H and O–H groups in total. The molecule has 4 nitrogen and oxygen atoms in total. The molecule has 1 heterocycles. The summed E-state index contributed by atoms with van der Waals surface area (Å²) >= 11 is 7.79. The third-order valence-corrected chi connectivity index (χ3v) is 5.72. The summed E-state index contributed by atoms with van der Waals surface area (Å²) in [5.74, 6) is 0.320. The van der Waals surface area contributed by atoms with E-state index in [2.05, 4.69) is 5.32 Å². The lowest BCUT2D eigenvalue weighted by Crippen LogP contribution is -2.14. The van der Waals surface area contributed by atoms with Crippen molar-refractivity contribution in [2.24, 2.45) is 0 Å². The van der Waals surface area contributed by atoms with Gasteiger partial charge in [0.2, 0.25) is 0 Å². The lowest BCUT2D eigenvalue weighted by molar-refractivity contribution is 0.102. The first-order valence-corrected chi connectivity index (χ1v) is 9.86. The van der Waals surface area contributed by atoms with Gasteiger partial charge in [-0.25, -0.2) is 4.98 Å². The normalized spacial score (nSPS) is 10.8. The van der Waals surface area contributed by atoms with E-state index in [9.17, 15) is 4.79 Å². The first kappa shape index (κ1) is 18.5. The van der Waals surface area contributed by atoms with Crippen molar-refractivity contribution in [2.45, 2.75) is 6.92 Å². The van der Waals surface area contributed by atoms with Crippen LogP contribution in [0.2, 0.25) is 5.02 Å². The summed E-state index contributed by atoms with van der Waals surface area (Å²) in [6, 6.07) is 18.8. The third-order valence-electron chi connectivity index (χ3n) is 4.41. The van der Waals surface area contributed by atoms with Crippen molar-refractivity contribution in [1.29, 1.82) is 0 Å². The first-order valence-electron chi connectivity index (χ1n) is 8.67. The van der Waals surface area contributed by atoms with Gasteiger partial charge in [0.05, 0.1) is 28.6 Å². The first-order chi connectivity index (χ1) is 13.6. The van der Waals surface area contributed by atoms with E-state index in [4.69, 9.17) is 21.3 Å². The maximum Gasteiger partial charge on any atom is 0.259 e. The number of amides is 1. The van der Waals surface area contributed by atoms with E-state index in [0.717, 1.165) is 26.4 Å². The number of carbonyl (C=O) groups excluding carboxylic acids is 1. The number of para-hydroxylation sites is 2. The molecular weight excluding hydrogens is 392 g/mol. The highest BCUT2D eigenvalue weighted by molar-refractivity contribution is 7.21. The van der Waals surface area contributed by atoms with Crippen LogP contribution in [0, 0.1) is 6.92 Å². The standard InChI is InChI=1S/C22H17ClN2O2S/c1-13-6-5-7-15(20(13)27-2)21(26)24-17-11-10-14(23)12-16(17)22-25-18-8-3-4-9-19(18)28-22/h3-12H,1-2H3,(H,24,26). The van der Waals surface area contributed by atoms with Crippen molar-refractivity contribution in [3.63, 3.8) is 0 Å². The topological polar surface area (TPSA) is 51.2 Å². The Kier molecular flexibility index (Phi) is 5.03. The van der Waals surface area contributed by atoms with Crippen LogP contribution in [0.25, 0.3) is 20.8 Å². The second-order valence-electron chi connectivity index (χ2n) is 6.29. The minimum Gasteiger partial charge on any atom is -0.496 e. The Bertz CT molecular complexity index is 1150. The Morgan fingerprint density at radius 1 is 1.11 bits per heavy atom. The lowest BCUT2D eigenvalue weighted by atomic mass is 10.1. The lowest BCUT2D eigenvalue weighted by Gasteiger charge is -2.13. The van der Waals surface area contributed by atoms with E-state index in [1.54, 1.807) is 36.6 Å². The second kappa shape index (κ2) is 7.62. The number of carbonyl (C=O) groups is 1. The molecule has 0 saturated carbocycles. The predicted octanol–water partition coefficient (Wildman–Crippen LogP) is 6.19. The molecule has 0 saturated heterocycles. The maximum atomic E-state index is 12.9. The van der Waals surface area contributed by atoms with E-state index >= 15 is 0 Å². The molecule has 4 aromatic rings. The zero-order valence-electron chi connectivity index (χ0n) is 15.3. The van der Waals surface area contributed by atoms with E-state index in [-0.39, 0.29) is 5.91 Å². The Labute approximate surface area is 171 Å². The minimum atomic E-state index is -0.245.